The summed E-state index contributed by atoms with van der Waals surface area (Å²) in [5.74, 6) is -0.707. The van der Waals surface area contributed by atoms with Gasteiger partial charge < -0.3 is 5.32 Å². The van der Waals surface area contributed by atoms with Gasteiger partial charge in [-0.2, -0.15) is 10.2 Å². The van der Waals surface area contributed by atoms with Crippen LogP contribution in [0.1, 0.15) is 11.3 Å². The molecule has 1 amide bonds. The molecule has 0 spiro atoms. The third kappa shape index (κ3) is 4.88. The van der Waals surface area contributed by atoms with Crippen LogP contribution in [0, 0.1) is 12.7 Å². The molecule has 0 unspecified atom stereocenters. The van der Waals surface area contributed by atoms with Crippen molar-refractivity contribution in [3.8, 4) is 5.69 Å². The normalized spacial score (nSPS) is 11.0. The second kappa shape index (κ2) is 8.86. The minimum absolute atomic E-state index is 0.0164. The van der Waals surface area contributed by atoms with Gasteiger partial charge in [0.25, 0.3) is 5.91 Å². The molecule has 1 heterocycles. The maximum atomic E-state index is 12.9. The number of rotatable bonds is 6. The number of hydrogen-bond acceptors (Lipinski definition) is 4. The van der Waals surface area contributed by atoms with Crippen molar-refractivity contribution < 1.29 is 9.18 Å². The van der Waals surface area contributed by atoms with Crippen molar-refractivity contribution in [3.05, 3.63) is 75.8 Å². The van der Waals surface area contributed by atoms with Crippen molar-refractivity contribution in [2.24, 2.45) is 5.10 Å². The number of benzene rings is 2. The van der Waals surface area contributed by atoms with Gasteiger partial charge in [-0.05, 0) is 49.4 Å². The SMILES string of the molecule is Cc1nn(-c2cccc(Cl)c2)c(Cl)c1/C=N/NC(=O)CNc1ccc(F)cc1. The first-order valence-corrected chi connectivity index (χ1v) is 9.02. The van der Waals surface area contributed by atoms with Crippen molar-refractivity contribution in [1.82, 2.24) is 15.2 Å². The Morgan fingerprint density at radius 2 is 2.00 bits per heavy atom. The molecule has 144 valence electrons. The van der Waals surface area contributed by atoms with E-state index < -0.39 is 0 Å². The number of amides is 1. The molecule has 28 heavy (non-hydrogen) atoms. The number of aromatic nitrogens is 2. The second-order valence-corrected chi connectivity index (χ2v) is 6.63. The Kier molecular flexibility index (Phi) is 6.28. The van der Waals surface area contributed by atoms with Gasteiger partial charge in [0, 0.05) is 10.7 Å². The largest absolute Gasteiger partial charge is 0.376 e. The highest BCUT2D eigenvalue weighted by molar-refractivity contribution is 6.32. The molecule has 9 heteroatoms. The van der Waals surface area contributed by atoms with E-state index in [-0.39, 0.29) is 18.3 Å². The van der Waals surface area contributed by atoms with Crippen LogP contribution in [0.4, 0.5) is 10.1 Å². The Hall–Kier alpha value is -2.90. The lowest BCUT2D eigenvalue weighted by molar-refractivity contribution is -0.119. The lowest BCUT2D eigenvalue weighted by Gasteiger charge is -2.05. The van der Waals surface area contributed by atoms with E-state index in [9.17, 15) is 9.18 Å². The number of nitrogens with one attached hydrogen (secondary N) is 2. The molecular formula is C19H16Cl2FN5O. The van der Waals surface area contributed by atoms with Crippen molar-refractivity contribution in [3.63, 3.8) is 0 Å². The van der Waals surface area contributed by atoms with Crippen LogP contribution in [0.3, 0.4) is 0 Å². The van der Waals surface area contributed by atoms with Crippen LogP contribution in [0.15, 0.2) is 53.6 Å². The summed E-state index contributed by atoms with van der Waals surface area (Å²) in [6.07, 6.45) is 1.43. The molecule has 2 N–H and O–H groups in total. The molecule has 0 aliphatic heterocycles. The molecule has 6 nitrogen and oxygen atoms in total. The Labute approximate surface area is 171 Å². The number of carbonyl (C=O) groups is 1. The number of halogens is 3. The molecule has 0 saturated carbocycles. The summed E-state index contributed by atoms with van der Waals surface area (Å²) in [7, 11) is 0. The molecule has 3 rings (SSSR count). The summed E-state index contributed by atoms with van der Waals surface area (Å²) < 4.78 is 14.4. The molecule has 3 aromatic rings. The minimum Gasteiger partial charge on any atom is -0.376 e. The molecule has 0 atom stereocenters. The Morgan fingerprint density at radius 1 is 1.25 bits per heavy atom. The van der Waals surface area contributed by atoms with E-state index in [4.69, 9.17) is 23.2 Å². The first kappa shape index (κ1) is 19.9. The Morgan fingerprint density at radius 3 is 2.71 bits per heavy atom. The molecule has 1 aromatic heterocycles. The highest BCUT2D eigenvalue weighted by atomic mass is 35.5. The summed E-state index contributed by atoms with van der Waals surface area (Å²) >= 11 is 12.4. The summed E-state index contributed by atoms with van der Waals surface area (Å²) in [4.78, 5) is 11.9. The number of aryl methyl sites for hydroxylation is 1. The van der Waals surface area contributed by atoms with Gasteiger partial charge in [-0.25, -0.2) is 14.5 Å². The molecule has 0 aliphatic carbocycles. The fraction of sp³-hybridized carbons (Fsp3) is 0.105. The van der Waals surface area contributed by atoms with Crippen LogP contribution in [-0.4, -0.2) is 28.4 Å². The lowest BCUT2D eigenvalue weighted by Crippen LogP contribution is -2.25. The molecule has 2 aromatic carbocycles. The number of carbonyl (C=O) groups excluding carboxylic acids is 1. The third-order valence-electron chi connectivity index (χ3n) is 3.78. The van der Waals surface area contributed by atoms with Gasteiger partial charge in [-0.15, -0.1) is 0 Å². The van der Waals surface area contributed by atoms with Crippen molar-refractivity contribution >= 4 is 41.0 Å². The molecule has 0 radical (unpaired) electrons. The monoisotopic (exact) mass is 419 g/mol. The molecule has 0 fully saturated rings. The average molecular weight is 420 g/mol. The van der Waals surface area contributed by atoms with Gasteiger partial charge in [0.15, 0.2) is 0 Å². The lowest BCUT2D eigenvalue weighted by atomic mass is 10.3. The van der Waals surface area contributed by atoms with Gasteiger partial charge in [-0.3, -0.25) is 4.79 Å². The van der Waals surface area contributed by atoms with E-state index in [2.05, 4.69) is 20.9 Å². The quantitative estimate of drug-likeness (QED) is 0.464. The summed E-state index contributed by atoms with van der Waals surface area (Å²) in [5, 5.41) is 12.1. The zero-order valence-corrected chi connectivity index (χ0v) is 16.3. The zero-order valence-electron chi connectivity index (χ0n) is 14.8. The van der Waals surface area contributed by atoms with Crippen molar-refractivity contribution in [2.45, 2.75) is 6.92 Å². The predicted octanol–water partition coefficient (Wildman–Crippen LogP) is 4.19. The molecule has 0 aliphatic rings. The van der Waals surface area contributed by atoms with Crippen LogP contribution in [-0.2, 0) is 4.79 Å². The standard InChI is InChI=1S/C19H16Cl2FN5O/c1-12-17(19(21)27(26-12)16-4-2-3-13(20)9-16)10-24-25-18(28)11-23-15-7-5-14(22)6-8-15/h2-10,23H,11H2,1H3,(H,25,28)/b24-10+. The first-order chi connectivity index (χ1) is 13.4. The van der Waals surface area contributed by atoms with Gasteiger partial charge in [-0.1, -0.05) is 29.3 Å². The fourth-order valence-electron chi connectivity index (χ4n) is 2.40. The topological polar surface area (TPSA) is 71.3 Å². The number of nitrogens with zero attached hydrogens (tertiary/aromatic N) is 3. The zero-order chi connectivity index (χ0) is 20.1. The summed E-state index contributed by atoms with van der Waals surface area (Å²) in [6, 6.07) is 12.8. The number of anilines is 1. The van der Waals surface area contributed by atoms with Gasteiger partial charge in [0.2, 0.25) is 0 Å². The van der Waals surface area contributed by atoms with Crippen LogP contribution in [0.5, 0.6) is 0 Å². The number of hydrogen-bond donors (Lipinski definition) is 2. The molecular weight excluding hydrogens is 404 g/mol. The predicted molar refractivity (Wildman–Crippen MR) is 109 cm³/mol. The van der Waals surface area contributed by atoms with Crippen LogP contribution in [0.2, 0.25) is 10.2 Å². The average Bonchev–Trinajstić information content (AvgIpc) is 2.96. The maximum Gasteiger partial charge on any atom is 0.259 e. The maximum absolute atomic E-state index is 12.9. The van der Waals surface area contributed by atoms with E-state index in [0.717, 1.165) is 0 Å². The van der Waals surface area contributed by atoms with Crippen molar-refractivity contribution in [2.75, 3.05) is 11.9 Å². The summed E-state index contributed by atoms with van der Waals surface area (Å²) in [5.41, 5.74) is 4.97. The highest BCUT2D eigenvalue weighted by Gasteiger charge is 2.13. The van der Waals surface area contributed by atoms with E-state index >= 15 is 0 Å². The third-order valence-corrected chi connectivity index (χ3v) is 4.38. The van der Waals surface area contributed by atoms with Crippen molar-refractivity contribution in [1.29, 1.82) is 0 Å². The van der Waals surface area contributed by atoms with Gasteiger partial charge >= 0.3 is 0 Å². The molecule has 0 saturated heterocycles. The fourth-order valence-corrected chi connectivity index (χ4v) is 2.90. The minimum atomic E-state index is -0.364. The summed E-state index contributed by atoms with van der Waals surface area (Å²) in [6.45, 7) is 1.77. The van der Waals surface area contributed by atoms with Gasteiger partial charge in [0.05, 0.1) is 29.7 Å². The van der Waals surface area contributed by atoms with Crippen LogP contribution in [0.25, 0.3) is 5.69 Å². The number of hydrazone groups is 1. The Balaban J connectivity index is 1.62. The second-order valence-electron chi connectivity index (χ2n) is 5.84. The van der Waals surface area contributed by atoms with Crippen LogP contribution < -0.4 is 10.7 Å². The molecule has 0 bridgehead atoms. The van der Waals surface area contributed by atoms with E-state index in [0.29, 0.717) is 32.8 Å². The highest BCUT2D eigenvalue weighted by Crippen LogP contribution is 2.23. The smallest absolute Gasteiger partial charge is 0.259 e. The van der Waals surface area contributed by atoms with E-state index in [1.165, 1.54) is 18.3 Å². The van der Waals surface area contributed by atoms with Crippen LogP contribution >= 0.6 is 23.2 Å². The van der Waals surface area contributed by atoms with E-state index in [1.807, 2.05) is 6.07 Å². The van der Waals surface area contributed by atoms with Gasteiger partial charge in [0.1, 0.15) is 11.0 Å². The van der Waals surface area contributed by atoms with E-state index in [1.54, 1.807) is 41.9 Å². The Bertz CT molecular complexity index is 1020. The first-order valence-electron chi connectivity index (χ1n) is 8.26.